The minimum Gasteiger partial charge on any atom is -0.310 e. The van der Waals surface area contributed by atoms with Crippen molar-refractivity contribution in [2.45, 2.75) is 65.1 Å². The van der Waals surface area contributed by atoms with E-state index >= 15 is 0 Å². The summed E-state index contributed by atoms with van der Waals surface area (Å²) in [5.41, 5.74) is 2.76. The number of nitrogens with one attached hydrogen (secondary N) is 1. The zero-order valence-corrected chi connectivity index (χ0v) is 10.8. The van der Waals surface area contributed by atoms with Crippen molar-refractivity contribution in [3.63, 3.8) is 0 Å². The third kappa shape index (κ3) is 2.46. The normalized spacial score (nSPS) is 16.4. The van der Waals surface area contributed by atoms with Gasteiger partial charge in [0, 0.05) is 29.9 Å². The summed E-state index contributed by atoms with van der Waals surface area (Å²) < 4.78 is 2.16. The summed E-state index contributed by atoms with van der Waals surface area (Å²) in [6, 6.07) is 1.22. The molecule has 1 aromatic rings. The molecule has 0 bridgehead atoms. The molecular formula is C13H23N3. The molecule has 0 aliphatic heterocycles. The van der Waals surface area contributed by atoms with Gasteiger partial charge in [0.05, 0.1) is 6.20 Å². The highest BCUT2D eigenvalue weighted by Crippen LogP contribution is 2.24. The first-order chi connectivity index (χ1) is 7.59. The van der Waals surface area contributed by atoms with Gasteiger partial charge in [-0.2, -0.15) is 5.10 Å². The molecule has 1 aliphatic carbocycles. The first-order valence-corrected chi connectivity index (χ1v) is 6.39. The highest BCUT2D eigenvalue weighted by molar-refractivity contribution is 5.21. The first kappa shape index (κ1) is 11.6. The average Bonchev–Trinajstić information content (AvgIpc) is 2.92. The standard InChI is InChI=1S/C13H23N3/c1-9(2)13-11(7-14-12-5-6-12)8-15-16(13)10(3)4/h8-10,12,14H,5-7H2,1-4H3. The molecule has 3 heteroatoms. The van der Waals surface area contributed by atoms with Gasteiger partial charge < -0.3 is 5.32 Å². The smallest absolute Gasteiger partial charge is 0.0537 e. The summed E-state index contributed by atoms with van der Waals surface area (Å²) in [6.07, 6.45) is 4.72. The van der Waals surface area contributed by atoms with E-state index in [4.69, 9.17) is 0 Å². The second kappa shape index (κ2) is 4.58. The Kier molecular flexibility index (Phi) is 3.33. The van der Waals surface area contributed by atoms with Gasteiger partial charge in [-0.05, 0) is 32.6 Å². The maximum absolute atomic E-state index is 4.51. The van der Waals surface area contributed by atoms with E-state index in [1.54, 1.807) is 0 Å². The molecule has 1 aromatic heterocycles. The molecule has 0 radical (unpaired) electrons. The molecule has 3 nitrogen and oxygen atoms in total. The molecule has 0 saturated heterocycles. The predicted octanol–water partition coefficient (Wildman–Crippen LogP) is 2.84. The van der Waals surface area contributed by atoms with Gasteiger partial charge in [-0.1, -0.05) is 13.8 Å². The second-order valence-corrected chi connectivity index (χ2v) is 5.40. The Hall–Kier alpha value is -0.830. The van der Waals surface area contributed by atoms with Gasteiger partial charge in [-0.15, -0.1) is 0 Å². The van der Waals surface area contributed by atoms with Crippen LogP contribution in [0.3, 0.4) is 0 Å². The molecule has 0 aromatic carbocycles. The van der Waals surface area contributed by atoms with Crippen molar-refractivity contribution in [1.82, 2.24) is 15.1 Å². The molecule has 1 saturated carbocycles. The van der Waals surface area contributed by atoms with Gasteiger partial charge in [-0.3, -0.25) is 4.68 Å². The Bertz CT molecular complexity index is 348. The van der Waals surface area contributed by atoms with E-state index in [-0.39, 0.29) is 0 Å². The van der Waals surface area contributed by atoms with Crippen molar-refractivity contribution < 1.29 is 0 Å². The topological polar surface area (TPSA) is 29.9 Å². The van der Waals surface area contributed by atoms with Crippen molar-refractivity contribution in [1.29, 1.82) is 0 Å². The number of aromatic nitrogens is 2. The fraction of sp³-hybridized carbons (Fsp3) is 0.769. The van der Waals surface area contributed by atoms with Gasteiger partial charge in [0.2, 0.25) is 0 Å². The Labute approximate surface area is 98.2 Å². The van der Waals surface area contributed by atoms with E-state index in [9.17, 15) is 0 Å². The molecule has 90 valence electrons. The SMILES string of the molecule is CC(C)c1c(CNC2CC2)cnn1C(C)C. The van der Waals surface area contributed by atoms with Crippen LogP contribution in [-0.4, -0.2) is 15.8 Å². The molecule has 0 spiro atoms. The van der Waals surface area contributed by atoms with E-state index in [1.807, 2.05) is 6.20 Å². The van der Waals surface area contributed by atoms with Gasteiger partial charge in [-0.25, -0.2) is 0 Å². The van der Waals surface area contributed by atoms with Crippen molar-refractivity contribution in [2.75, 3.05) is 0 Å². The molecular weight excluding hydrogens is 198 g/mol. The van der Waals surface area contributed by atoms with Crippen molar-refractivity contribution >= 4 is 0 Å². The van der Waals surface area contributed by atoms with Gasteiger partial charge in [0.25, 0.3) is 0 Å². The highest BCUT2D eigenvalue weighted by atomic mass is 15.3. The zero-order valence-electron chi connectivity index (χ0n) is 10.8. The van der Waals surface area contributed by atoms with Crippen LogP contribution in [0.2, 0.25) is 0 Å². The maximum Gasteiger partial charge on any atom is 0.0537 e. The quantitative estimate of drug-likeness (QED) is 0.828. The molecule has 1 aliphatic rings. The third-order valence-electron chi connectivity index (χ3n) is 3.11. The first-order valence-electron chi connectivity index (χ1n) is 6.39. The van der Waals surface area contributed by atoms with Gasteiger partial charge >= 0.3 is 0 Å². The number of nitrogens with zero attached hydrogens (tertiary/aromatic N) is 2. The lowest BCUT2D eigenvalue weighted by Gasteiger charge is -2.15. The van der Waals surface area contributed by atoms with E-state index in [1.165, 1.54) is 24.1 Å². The summed E-state index contributed by atoms with van der Waals surface area (Å²) in [7, 11) is 0. The Morgan fingerprint density at radius 3 is 2.56 bits per heavy atom. The summed E-state index contributed by atoms with van der Waals surface area (Å²) in [6.45, 7) is 9.85. The van der Waals surface area contributed by atoms with Crippen LogP contribution < -0.4 is 5.32 Å². The summed E-state index contributed by atoms with van der Waals surface area (Å²) in [5, 5.41) is 8.08. The highest BCUT2D eigenvalue weighted by Gasteiger charge is 2.22. The Balaban J connectivity index is 2.15. The molecule has 1 N–H and O–H groups in total. The Morgan fingerprint density at radius 2 is 2.06 bits per heavy atom. The maximum atomic E-state index is 4.51. The van der Waals surface area contributed by atoms with Crippen LogP contribution in [0, 0.1) is 0 Å². The Morgan fingerprint density at radius 1 is 1.38 bits per heavy atom. The number of hydrogen-bond donors (Lipinski definition) is 1. The van der Waals surface area contributed by atoms with E-state index in [0.717, 1.165) is 12.6 Å². The minimum absolute atomic E-state index is 0.451. The van der Waals surface area contributed by atoms with Gasteiger partial charge in [0.15, 0.2) is 0 Å². The van der Waals surface area contributed by atoms with E-state index < -0.39 is 0 Å². The van der Waals surface area contributed by atoms with Crippen LogP contribution >= 0.6 is 0 Å². The van der Waals surface area contributed by atoms with Crippen LogP contribution in [0.15, 0.2) is 6.20 Å². The molecule has 0 atom stereocenters. The van der Waals surface area contributed by atoms with Crippen LogP contribution in [-0.2, 0) is 6.54 Å². The molecule has 0 unspecified atom stereocenters. The van der Waals surface area contributed by atoms with E-state index in [2.05, 4.69) is 42.8 Å². The van der Waals surface area contributed by atoms with Crippen molar-refractivity contribution in [3.8, 4) is 0 Å². The summed E-state index contributed by atoms with van der Waals surface area (Å²) in [4.78, 5) is 0. The monoisotopic (exact) mass is 221 g/mol. The van der Waals surface area contributed by atoms with E-state index in [0.29, 0.717) is 12.0 Å². The van der Waals surface area contributed by atoms with Gasteiger partial charge in [0.1, 0.15) is 0 Å². The predicted molar refractivity (Wildman–Crippen MR) is 66.6 cm³/mol. The molecule has 0 amide bonds. The number of rotatable bonds is 5. The molecule has 1 heterocycles. The summed E-state index contributed by atoms with van der Waals surface area (Å²) in [5.74, 6) is 0.543. The largest absolute Gasteiger partial charge is 0.310 e. The van der Waals surface area contributed by atoms with Crippen molar-refractivity contribution in [2.24, 2.45) is 0 Å². The zero-order chi connectivity index (χ0) is 11.7. The van der Waals surface area contributed by atoms with Crippen LogP contribution in [0.5, 0.6) is 0 Å². The lowest BCUT2D eigenvalue weighted by atomic mass is 10.1. The second-order valence-electron chi connectivity index (χ2n) is 5.40. The van der Waals surface area contributed by atoms with Crippen LogP contribution in [0.1, 0.15) is 63.8 Å². The van der Waals surface area contributed by atoms with Crippen LogP contribution in [0.25, 0.3) is 0 Å². The minimum atomic E-state index is 0.451. The average molecular weight is 221 g/mol. The molecule has 1 fully saturated rings. The van der Waals surface area contributed by atoms with Crippen LogP contribution in [0.4, 0.5) is 0 Å². The fourth-order valence-corrected chi connectivity index (χ4v) is 2.13. The lowest BCUT2D eigenvalue weighted by molar-refractivity contribution is 0.495. The summed E-state index contributed by atoms with van der Waals surface area (Å²) >= 11 is 0. The molecule has 2 rings (SSSR count). The fourth-order valence-electron chi connectivity index (χ4n) is 2.13. The molecule has 16 heavy (non-hydrogen) atoms. The lowest BCUT2D eigenvalue weighted by Crippen LogP contribution is -2.17. The number of hydrogen-bond acceptors (Lipinski definition) is 2. The third-order valence-corrected chi connectivity index (χ3v) is 3.11. The van der Waals surface area contributed by atoms with Crippen molar-refractivity contribution in [3.05, 3.63) is 17.5 Å².